The van der Waals surface area contributed by atoms with Crippen LogP contribution in [0.2, 0.25) is 0 Å². The summed E-state index contributed by atoms with van der Waals surface area (Å²) in [4.78, 5) is 26.0. The first-order valence-electron chi connectivity index (χ1n) is 8.21. The predicted molar refractivity (Wildman–Crippen MR) is 96.5 cm³/mol. The number of anilines is 1. The van der Waals surface area contributed by atoms with E-state index in [1.54, 1.807) is 0 Å². The Morgan fingerprint density at radius 2 is 1.79 bits per heavy atom. The molecule has 0 aliphatic carbocycles. The van der Waals surface area contributed by atoms with E-state index in [1.165, 1.54) is 18.4 Å². The minimum absolute atomic E-state index is 0.0222. The second-order valence-electron chi connectivity index (χ2n) is 8.84. The number of esters is 1. The van der Waals surface area contributed by atoms with Gasteiger partial charge in [0.2, 0.25) is 5.91 Å². The van der Waals surface area contributed by atoms with Gasteiger partial charge in [0.05, 0.1) is 23.1 Å². The molecule has 0 aromatic carbocycles. The highest BCUT2D eigenvalue weighted by Crippen LogP contribution is 2.42. The van der Waals surface area contributed by atoms with E-state index in [2.05, 4.69) is 38.3 Å². The van der Waals surface area contributed by atoms with Crippen LogP contribution in [0.5, 0.6) is 0 Å². The first kappa shape index (κ1) is 18.9. The quantitative estimate of drug-likeness (QED) is 0.803. The van der Waals surface area contributed by atoms with Gasteiger partial charge in [0, 0.05) is 11.8 Å². The zero-order valence-corrected chi connectivity index (χ0v) is 16.7. The second-order valence-corrected chi connectivity index (χ2v) is 9.86. The van der Waals surface area contributed by atoms with Gasteiger partial charge in [0.1, 0.15) is 10.5 Å². The number of rotatable bonds is 2. The largest absolute Gasteiger partial charge is 0.465 e. The van der Waals surface area contributed by atoms with Gasteiger partial charge < -0.3 is 15.4 Å². The van der Waals surface area contributed by atoms with Crippen LogP contribution in [0, 0.1) is 5.41 Å². The maximum absolute atomic E-state index is 12.4. The third kappa shape index (κ3) is 3.49. The second kappa shape index (κ2) is 5.85. The topological polar surface area (TPSA) is 72.0 Å². The van der Waals surface area contributed by atoms with E-state index in [0.717, 1.165) is 16.9 Å². The number of carbonyl (C=O) groups is 2. The molecule has 6 heteroatoms. The Balaban J connectivity index is 2.60. The van der Waals surface area contributed by atoms with Crippen LogP contribution in [-0.2, 0) is 21.5 Å². The van der Waals surface area contributed by atoms with E-state index in [-0.39, 0.29) is 23.0 Å². The zero-order valence-electron chi connectivity index (χ0n) is 15.9. The van der Waals surface area contributed by atoms with Gasteiger partial charge in [0.25, 0.3) is 0 Å². The van der Waals surface area contributed by atoms with Gasteiger partial charge in [-0.15, -0.1) is 11.3 Å². The van der Waals surface area contributed by atoms with E-state index < -0.39 is 5.41 Å². The van der Waals surface area contributed by atoms with Gasteiger partial charge in [-0.2, -0.15) is 0 Å². The van der Waals surface area contributed by atoms with Crippen LogP contribution in [0.3, 0.4) is 0 Å². The van der Waals surface area contributed by atoms with Crippen molar-refractivity contribution < 1.29 is 19.6 Å². The Bertz CT molecular complexity index is 681. The average Bonchev–Trinajstić information content (AvgIpc) is 2.73. The normalized spacial score (nSPS) is 18.7. The maximum Gasteiger partial charge on any atom is 0.341 e. The van der Waals surface area contributed by atoms with E-state index in [1.807, 2.05) is 20.8 Å². The molecule has 0 saturated carbocycles. The van der Waals surface area contributed by atoms with Gasteiger partial charge in [-0.3, -0.25) is 4.79 Å². The van der Waals surface area contributed by atoms with E-state index in [9.17, 15) is 9.59 Å². The first-order chi connectivity index (χ1) is 10.8. The van der Waals surface area contributed by atoms with Crippen LogP contribution in [0.1, 0.15) is 69.3 Å². The number of nitrogens with one attached hydrogen (secondary N) is 1. The molecule has 5 nitrogen and oxygen atoms in total. The number of ether oxygens (including phenoxy) is 1. The van der Waals surface area contributed by atoms with Crippen molar-refractivity contribution in [2.45, 2.75) is 66.0 Å². The Labute approximate surface area is 148 Å². The molecule has 1 aliphatic heterocycles. The smallest absolute Gasteiger partial charge is 0.341 e. The first-order valence-corrected chi connectivity index (χ1v) is 9.03. The molecule has 1 aromatic rings. The molecule has 0 saturated heterocycles. The average molecular weight is 354 g/mol. The number of hydrogen-bond donors (Lipinski definition) is 2. The van der Waals surface area contributed by atoms with E-state index in [0.29, 0.717) is 10.6 Å². The van der Waals surface area contributed by atoms with E-state index >= 15 is 0 Å². The molecule has 24 heavy (non-hydrogen) atoms. The lowest BCUT2D eigenvalue weighted by Crippen LogP contribution is -3.03. The molecule has 134 valence electrons. The third-order valence-electron chi connectivity index (χ3n) is 4.27. The molecule has 0 spiro atoms. The van der Waals surface area contributed by atoms with Crippen molar-refractivity contribution in [3.8, 4) is 0 Å². The molecular weight excluding hydrogens is 324 g/mol. The lowest BCUT2D eigenvalue weighted by molar-refractivity contribution is -0.789. The third-order valence-corrected chi connectivity index (χ3v) is 5.76. The maximum atomic E-state index is 12.4. The highest BCUT2D eigenvalue weighted by Gasteiger charge is 2.45. The minimum Gasteiger partial charge on any atom is -0.465 e. The summed E-state index contributed by atoms with van der Waals surface area (Å²) in [6.07, 6.45) is 0.762. The van der Waals surface area contributed by atoms with Gasteiger partial charge in [0.15, 0.2) is 0 Å². The Morgan fingerprint density at radius 1 is 1.21 bits per heavy atom. The van der Waals surface area contributed by atoms with E-state index in [4.69, 9.17) is 4.74 Å². The van der Waals surface area contributed by atoms with Gasteiger partial charge in [-0.05, 0) is 33.3 Å². The van der Waals surface area contributed by atoms with Crippen LogP contribution >= 0.6 is 11.3 Å². The van der Waals surface area contributed by atoms with Crippen molar-refractivity contribution in [2.75, 3.05) is 12.4 Å². The monoisotopic (exact) mass is 353 g/mol. The highest BCUT2D eigenvalue weighted by molar-refractivity contribution is 7.17. The van der Waals surface area contributed by atoms with Crippen LogP contribution in [0.25, 0.3) is 0 Å². The zero-order chi connectivity index (χ0) is 18.5. The SMILES string of the molecule is COC(=O)c1c(NC(=O)C(C)(C)C)sc2c1CC(C)(C)[NH2+]C2(C)C. The number of nitrogens with two attached hydrogens (primary N) is 1. The van der Waals surface area contributed by atoms with Crippen LogP contribution in [-0.4, -0.2) is 24.5 Å². The molecule has 1 aromatic heterocycles. The highest BCUT2D eigenvalue weighted by atomic mass is 32.1. The molecule has 0 bridgehead atoms. The molecular formula is C18H29N2O3S+. The number of fused-ring (bicyclic) bond motifs is 1. The van der Waals surface area contributed by atoms with Crippen molar-refractivity contribution >= 4 is 28.2 Å². The fourth-order valence-corrected chi connectivity index (χ4v) is 4.68. The molecule has 0 radical (unpaired) electrons. The molecule has 1 aliphatic rings. The fraction of sp³-hybridized carbons (Fsp3) is 0.667. The lowest BCUT2D eigenvalue weighted by atomic mass is 9.81. The van der Waals surface area contributed by atoms with Crippen molar-refractivity contribution in [3.63, 3.8) is 0 Å². The summed E-state index contributed by atoms with van der Waals surface area (Å²) in [6.45, 7) is 14.2. The Kier molecular flexibility index (Phi) is 4.61. The summed E-state index contributed by atoms with van der Waals surface area (Å²) in [5.74, 6) is -0.488. The number of thiophene rings is 1. The summed E-state index contributed by atoms with van der Waals surface area (Å²) in [5, 5.41) is 5.88. The lowest BCUT2D eigenvalue weighted by Gasteiger charge is -2.38. The number of amides is 1. The summed E-state index contributed by atoms with van der Waals surface area (Å²) < 4.78 is 5.01. The molecule has 2 rings (SSSR count). The molecule has 0 atom stereocenters. The molecule has 1 amide bonds. The van der Waals surface area contributed by atoms with Crippen LogP contribution in [0.4, 0.5) is 5.00 Å². The summed E-state index contributed by atoms with van der Waals surface area (Å²) in [7, 11) is 1.38. The molecule has 0 fully saturated rings. The number of quaternary nitrogens is 1. The van der Waals surface area contributed by atoms with Crippen molar-refractivity contribution in [3.05, 3.63) is 16.0 Å². The standard InChI is InChI=1S/C18H28N2O3S/c1-16(2,3)15(22)19-13-11(14(21)23-8)10-9-17(4,5)20-18(6,7)12(10)24-13/h20H,9H2,1-8H3,(H,19,22)/p+1. The van der Waals surface area contributed by atoms with Crippen molar-refractivity contribution in [2.24, 2.45) is 5.41 Å². The summed E-state index contributed by atoms with van der Waals surface area (Å²) in [6, 6.07) is 0. The number of hydrogen-bond acceptors (Lipinski definition) is 4. The van der Waals surface area contributed by atoms with Crippen LogP contribution in [0.15, 0.2) is 0 Å². The van der Waals surface area contributed by atoms with Gasteiger partial charge >= 0.3 is 5.97 Å². The number of methoxy groups -OCH3 is 1. The minimum atomic E-state index is -0.529. The predicted octanol–water partition coefficient (Wildman–Crippen LogP) is 2.65. The van der Waals surface area contributed by atoms with Crippen molar-refractivity contribution in [1.82, 2.24) is 0 Å². The molecule has 3 N–H and O–H groups in total. The molecule has 2 heterocycles. The van der Waals surface area contributed by atoms with Crippen molar-refractivity contribution in [1.29, 1.82) is 0 Å². The fourth-order valence-electron chi connectivity index (χ4n) is 3.40. The molecule has 0 unspecified atom stereocenters. The summed E-state index contributed by atoms with van der Waals surface area (Å²) in [5.41, 5.74) is 0.817. The number of carbonyl (C=O) groups excluding carboxylic acids is 2. The van der Waals surface area contributed by atoms with Gasteiger partial charge in [-0.25, -0.2) is 4.79 Å². The van der Waals surface area contributed by atoms with Gasteiger partial charge in [-0.1, -0.05) is 20.8 Å². The Hall–Kier alpha value is -1.40. The summed E-state index contributed by atoms with van der Waals surface area (Å²) >= 11 is 1.49. The van der Waals surface area contributed by atoms with Crippen LogP contribution < -0.4 is 10.6 Å². The Morgan fingerprint density at radius 3 is 2.29 bits per heavy atom.